The second kappa shape index (κ2) is 7.43. The highest BCUT2D eigenvalue weighted by atomic mass is 19.1. The van der Waals surface area contributed by atoms with Crippen LogP contribution in [-0.4, -0.2) is 19.6 Å². The van der Waals surface area contributed by atoms with Gasteiger partial charge in [-0.05, 0) is 35.7 Å². The van der Waals surface area contributed by atoms with Gasteiger partial charge >= 0.3 is 0 Å². The maximum absolute atomic E-state index is 13.4. The van der Waals surface area contributed by atoms with E-state index in [0.29, 0.717) is 18.5 Å². The van der Waals surface area contributed by atoms with Crippen molar-refractivity contribution in [2.75, 3.05) is 13.7 Å². The van der Waals surface area contributed by atoms with E-state index in [0.717, 1.165) is 11.3 Å². The van der Waals surface area contributed by atoms with Gasteiger partial charge in [-0.3, -0.25) is 4.79 Å². The van der Waals surface area contributed by atoms with Crippen LogP contribution in [0.5, 0.6) is 5.75 Å². The molecule has 0 heterocycles. The summed E-state index contributed by atoms with van der Waals surface area (Å²) in [6.07, 6.45) is 0.769. The van der Waals surface area contributed by atoms with Gasteiger partial charge in [0.25, 0.3) is 0 Å². The summed E-state index contributed by atoms with van der Waals surface area (Å²) in [5.41, 5.74) is 1.50. The average molecular weight is 287 g/mol. The largest absolute Gasteiger partial charge is 0.497 e. The van der Waals surface area contributed by atoms with Crippen LogP contribution < -0.4 is 10.1 Å². The maximum atomic E-state index is 13.4. The first kappa shape index (κ1) is 15.0. The van der Waals surface area contributed by atoms with Gasteiger partial charge in [0, 0.05) is 6.54 Å². The molecule has 3 nitrogen and oxygen atoms in total. The summed E-state index contributed by atoms with van der Waals surface area (Å²) in [7, 11) is 1.59. The minimum Gasteiger partial charge on any atom is -0.497 e. The molecule has 0 radical (unpaired) electrons. The number of hydrogen-bond donors (Lipinski definition) is 1. The van der Waals surface area contributed by atoms with Crippen molar-refractivity contribution in [1.82, 2.24) is 5.32 Å². The lowest BCUT2D eigenvalue weighted by molar-refractivity contribution is -0.120. The summed E-state index contributed by atoms with van der Waals surface area (Å²) in [5, 5.41) is 2.80. The number of methoxy groups -OCH3 is 1. The van der Waals surface area contributed by atoms with Gasteiger partial charge in [-0.15, -0.1) is 0 Å². The topological polar surface area (TPSA) is 38.3 Å². The second-order valence-corrected chi connectivity index (χ2v) is 4.72. The first-order chi connectivity index (χ1) is 10.2. The third kappa shape index (κ3) is 4.60. The number of ether oxygens (including phenoxy) is 1. The summed E-state index contributed by atoms with van der Waals surface area (Å²) in [6, 6.07) is 14.0. The van der Waals surface area contributed by atoms with E-state index in [2.05, 4.69) is 5.32 Å². The summed E-state index contributed by atoms with van der Waals surface area (Å²) in [5.74, 6) is 0.408. The number of rotatable bonds is 6. The van der Waals surface area contributed by atoms with Crippen LogP contribution in [0.2, 0.25) is 0 Å². The molecule has 0 unspecified atom stereocenters. The fraction of sp³-hybridized carbons (Fsp3) is 0.235. The Balaban J connectivity index is 1.81. The van der Waals surface area contributed by atoms with Crippen molar-refractivity contribution in [2.24, 2.45) is 0 Å². The number of amides is 1. The number of carbonyl (C=O) groups excluding carboxylic acids is 1. The molecule has 0 atom stereocenters. The van der Waals surface area contributed by atoms with Gasteiger partial charge in [-0.25, -0.2) is 4.39 Å². The molecule has 0 saturated heterocycles. The Morgan fingerprint density at radius 3 is 2.76 bits per heavy atom. The molecular formula is C17H18FNO2. The second-order valence-electron chi connectivity index (χ2n) is 4.72. The Hall–Kier alpha value is -2.36. The van der Waals surface area contributed by atoms with Gasteiger partial charge in [-0.2, -0.15) is 0 Å². The molecule has 1 N–H and O–H groups in total. The van der Waals surface area contributed by atoms with E-state index < -0.39 is 0 Å². The van der Waals surface area contributed by atoms with E-state index >= 15 is 0 Å². The number of nitrogens with one attached hydrogen (secondary N) is 1. The highest BCUT2D eigenvalue weighted by Crippen LogP contribution is 2.13. The Morgan fingerprint density at radius 1 is 1.19 bits per heavy atom. The molecular weight excluding hydrogens is 269 g/mol. The Bertz CT molecular complexity index is 613. The third-order valence-corrected chi connectivity index (χ3v) is 3.17. The lowest BCUT2D eigenvalue weighted by atomic mass is 10.1. The Morgan fingerprint density at radius 2 is 2.00 bits per heavy atom. The lowest BCUT2D eigenvalue weighted by Gasteiger charge is -2.07. The molecule has 0 fully saturated rings. The van der Waals surface area contributed by atoms with E-state index in [-0.39, 0.29) is 18.1 Å². The van der Waals surface area contributed by atoms with Gasteiger partial charge in [0.2, 0.25) is 5.91 Å². The molecule has 21 heavy (non-hydrogen) atoms. The molecule has 2 aromatic carbocycles. The van der Waals surface area contributed by atoms with Crippen LogP contribution in [0.4, 0.5) is 4.39 Å². The van der Waals surface area contributed by atoms with E-state index in [1.807, 2.05) is 24.3 Å². The predicted octanol–water partition coefficient (Wildman–Crippen LogP) is 2.74. The zero-order valence-electron chi connectivity index (χ0n) is 11.9. The molecule has 0 aliphatic carbocycles. The van der Waals surface area contributed by atoms with Crippen LogP contribution in [-0.2, 0) is 17.6 Å². The fourth-order valence-electron chi connectivity index (χ4n) is 2.07. The smallest absolute Gasteiger partial charge is 0.224 e. The number of benzene rings is 2. The third-order valence-electron chi connectivity index (χ3n) is 3.17. The highest BCUT2D eigenvalue weighted by Gasteiger charge is 2.05. The molecule has 2 rings (SSSR count). The van der Waals surface area contributed by atoms with Crippen LogP contribution in [0.15, 0.2) is 48.5 Å². The first-order valence-electron chi connectivity index (χ1n) is 6.82. The van der Waals surface area contributed by atoms with Crippen LogP contribution in [0.3, 0.4) is 0 Å². The molecule has 110 valence electrons. The van der Waals surface area contributed by atoms with E-state index in [9.17, 15) is 9.18 Å². The summed E-state index contributed by atoms with van der Waals surface area (Å²) >= 11 is 0. The monoisotopic (exact) mass is 287 g/mol. The molecule has 0 aliphatic rings. The molecule has 0 aromatic heterocycles. The van der Waals surface area contributed by atoms with Crippen LogP contribution in [0.25, 0.3) is 0 Å². The van der Waals surface area contributed by atoms with Gasteiger partial charge in [-0.1, -0.05) is 30.3 Å². The number of carbonyl (C=O) groups is 1. The van der Waals surface area contributed by atoms with Crippen LogP contribution >= 0.6 is 0 Å². The highest BCUT2D eigenvalue weighted by molar-refractivity contribution is 5.78. The van der Waals surface area contributed by atoms with Crippen LogP contribution in [0.1, 0.15) is 11.1 Å². The SMILES string of the molecule is COc1cccc(CC(=O)NCCc2ccccc2F)c1. The number of halogens is 1. The summed E-state index contributed by atoms with van der Waals surface area (Å²) < 4.78 is 18.5. The fourth-order valence-corrected chi connectivity index (χ4v) is 2.07. The van der Waals surface area contributed by atoms with Gasteiger partial charge in [0.15, 0.2) is 0 Å². The van der Waals surface area contributed by atoms with E-state index in [1.165, 1.54) is 6.07 Å². The van der Waals surface area contributed by atoms with Crippen molar-refractivity contribution in [3.8, 4) is 5.75 Å². The summed E-state index contributed by atoms with van der Waals surface area (Å²) in [4.78, 5) is 11.8. The standard InChI is InChI=1S/C17H18FNO2/c1-21-15-7-4-5-13(11-15)12-17(20)19-10-9-14-6-2-3-8-16(14)18/h2-8,11H,9-10,12H2,1H3,(H,19,20). The van der Waals surface area contributed by atoms with Crippen molar-refractivity contribution in [1.29, 1.82) is 0 Å². The average Bonchev–Trinajstić information content (AvgIpc) is 2.49. The van der Waals surface area contributed by atoms with E-state index in [1.54, 1.807) is 25.3 Å². The Kier molecular flexibility index (Phi) is 5.32. The first-order valence-corrected chi connectivity index (χ1v) is 6.82. The molecule has 2 aromatic rings. The van der Waals surface area contributed by atoms with Crippen molar-refractivity contribution in [3.63, 3.8) is 0 Å². The number of hydrogen-bond acceptors (Lipinski definition) is 2. The zero-order chi connectivity index (χ0) is 15.1. The molecule has 0 bridgehead atoms. The van der Waals surface area contributed by atoms with Gasteiger partial charge in [0.05, 0.1) is 13.5 Å². The van der Waals surface area contributed by atoms with Gasteiger partial charge < -0.3 is 10.1 Å². The van der Waals surface area contributed by atoms with Crippen molar-refractivity contribution in [2.45, 2.75) is 12.8 Å². The molecule has 0 aliphatic heterocycles. The minimum atomic E-state index is -0.237. The molecule has 0 spiro atoms. The Labute approximate surface area is 123 Å². The minimum absolute atomic E-state index is 0.0837. The van der Waals surface area contributed by atoms with Crippen molar-refractivity contribution in [3.05, 3.63) is 65.5 Å². The quantitative estimate of drug-likeness (QED) is 0.887. The molecule has 0 saturated carbocycles. The summed E-state index contributed by atoms with van der Waals surface area (Å²) in [6.45, 7) is 0.420. The molecule has 1 amide bonds. The van der Waals surface area contributed by atoms with Crippen molar-refractivity contribution < 1.29 is 13.9 Å². The molecule has 4 heteroatoms. The van der Waals surface area contributed by atoms with E-state index in [4.69, 9.17) is 4.74 Å². The van der Waals surface area contributed by atoms with Crippen LogP contribution in [0, 0.1) is 5.82 Å². The van der Waals surface area contributed by atoms with Gasteiger partial charge in [0.1, 0.15) is 11.6 Å². The predicted molar refractivity (Wildman–Crippen MR) is 79.8 cm³/mol. The lowest BCUT2D eigenvalue weighted by Crippen LogP contribution is -2.27. The normalized spacial score (nSPS) is 10.2. The zero-order valence-corrected chi connectivity index (χ0v) is 11.9. The maximum Gasteiger partial charge on any atom is 0.224 e. The van der Waals surface area contributed by atoms with Crippen molar-refractivity contribution >= 4 is 5.91 Å².